The van der Waals surface area contributed by atoms with Gasteiger partial charge in [0.2, 0.25) is 0 Å². The molecule has 86 valence electrons. The van der Waals surface area contributed by atoms with Gasteiger partial charge >= 0.3 is 0 Å². The van der Waals surface area contributed by atoms with Crippen LogP contribution in [0.3, 0.4) is 0 Å². The predicted molar refractivity (Wildman–Crippen MR) is 73.3 cm³/mol. The minimum absolute atomic E-state index is 0.887. The number of aryl methyl sites for hydroxylation is 1. The summed E-state index contributed by atoms with van der Waals surface area (Å²) in [6.07, 6.45) is 8.34. The molecule has 0 aliphatic rings. The molecule has 16 heavy (non-hydrogen) atoms. The lowest BCUT2D eigenvalue weighted by atomic mass is 10.1. The zero-order valence-corrected chi connectivity index (χ0v) is 11.3. The first-order valence-corrected chi connectivity index (χ1v) is 6.42. The summed E-state index contributed by atoms with van der Waals surface area (Å²) in [7, 11) is 0. The van der Waals surface area contributed by atoms with Crippen molar-refractivity contribution in [2.45, 2.75) is 32.7 Å². The molecule has 0 aliphatic heterocycles. The van der Waals surface area contributed by atoms with Gasteiger partial charge in [0.1, 0.15) is 0 Å². The van der Waals surface area contributed by atoms with E-state index >= 15 is 0 Å². The van der Waals surface area contributed by atoms with Crippen molar-refractivity contribution >= 4 is 15.9 Å². The molecule has 0 atom stereocenters. The van der Waals surface area contributed by atoms with E-state index in [1.165, 1.54) is 15.6 Å². The van der Waals surface area contributed by atoms with Crippen LogP contribution in [0.2, 0.25) is 0 Å². The summed E-state index contributed by atoms with van der Waals surface area (Å²) < 4.78 is 1.18. The Morgan fingerprint density at radius 2 is 2.19 bits per heavy atom. The van der Waals surface area contributed by atoms with Gasteiger partial charge in [0.25, 0.3) is 0 Å². The summed E-state index contributed by atoms with van der Waals surface area (Å²) >= 11 is 3.54. The molecule has 0 amide bonds. The van der Waals surface area contributed by atoms with E-state index in [1.54, 1.807) is 0 Å². The van der Waals surface area contributed by atoms with E-state index in [0.29, 0.717) is 0 Å². The second kappa shape index (κ2) is 7.49. The smallest absolute Gasteiger partial charge is 0.0207 e. The molecular weight excluding hydrogens is 262 g/mol. The molecule has 1 nitrogen and oxygen atoms in total. The third kappa shape index (κ3) is 4.83. The first-order valence-electron chi connectivity index (χ1n) is 5.63. The van der Waals surface area contributed by atoms with Crippen LogP contribution in [0.5, 0.6) is 0 Å². The van der Waals surface area contributed by atoms with E-state index in [2.05, 4.69) is 52.3 Å². The first-order chi connectivity index (χ1) is 7.74. The molecule has 1 N–H and O–H groups in total. The fraction of sp³-hybridized carbons (Fsp3) is 0.429. The largest absolute Gasteiger partial charge is 0.313 e. The molecular formula is C14H18BrN. The van der Waals surface area contributed by atoms with Gasteiger partial charge in [0, 0.05) is 17.4 Å². The molecule has 0 bridgehead atoms. The Kier molecular flexibility index (Phi) is 6.22. The van der Waals surface area contributed by atoms with Gasteiger partial charge in [-0.15, -0.1) is 12.3 Å². The minimum atomic E-state index is 0.887. The van der Waals surface area contributed by atoms with Gasteiger partial charge in [-0.1, -0.05) is 28.1 Å². The lowest BCUT2D eigenvalue weighted by Crippen LogP contribution is -2.14. The monoisotopic (exact) mass is 279 g/mol. The fourth-order valence-corrected chi connectivity index (χ4v) is 1.88. The van der Waals surface area contributed by atoms with E-state index in [9.17, 15) is 0 Å². The number of halogens is 1. The molecule has 1 aromatic rings. The lowest BCUT2D eigenvalue weighted by Gasteiger charge is -2.06. The molecule has 0 heterocycles. The number of rotatable bonds is 6. The van der Waals surface area contributed by atoms with Crippen molar-refractivity contribution in [2.75, 3.05) is 6.54 Å². The molecule has 0 aliphatic carbocycles. The van der Waals surface area contributed by atoms with Gasteiger partial charge in [-0.05, 0) is 43.5 Å². The fourth-order valence-electron chi connectivity index (χ4n) is 1.46. The predicted octanol–water partition coefficient (Wildman–Crippen LogP) is 3.65. The van der Waals surface area contributed by atoms with Gasteiger partial charge in [-0.3, -0.25) is 0 Å². The molecule has 0 unspecified atom stereocenters. The highest BCUT2D eigenvalue weighted by atomic mass is 79.9. The van der Waals surface area contributed by atoms with Crippen LogP contribution < -0.4 is 5.32 Å². The van der Waals surface area contributed by atoms with Crippen molar-refractivity contribution in [2.24, 2.45) is 0 Å². The Bertz CT molecular complexity index is 365. The standard InChI is InChI=1S/C14H18BrN/c1-3-4-5-6-9-16-11-13-8-7-12(2)14(15)10-13/h1,7-8,10,16H,4-6,9,11H2,2H3. The van der Waals surface area contributed by atoms with Gasteiger partial charge < -0.3 is 5.32 Å². The highest BCUT2D eigenvalue weighted by molar-refractivity contribution is 9.10. The number of nitrogens with one attached hydrogen (secondary N) is 1. The number of hydrogen-bond acceptors (Lipinski definition) is 1. The van der Waals surface area contributed by atoms with Crippen LogP contribution in [0.4, 0.5) is 0 Å². The van der Waals surface area contributed by atoms with Gasteiger partial charge in [-0.25, -0.2) is 0 Å². The van der Waals surface area contributed by atoms with Crippen molar-refractivity contribution in [3.05, 3.63) is 33.8 Å². The molecule has 1 rings (SSSR count). The average Bonchev–Trinajstić information content (AvgIpc) is 2.28. The van der Waals surface area contributed by atoms with E-state index < -0.39 is 0 Å². The average molecular weight is 280 g/mol. The molecule has 0 radical (unpaired) electrons. The van der Waals surface area contributed by atoms with Crippen molar-refractivity contribution in [3.63, 3.8) is 0 Å². The van der Waals surface area contributed by atoms with Crippen molar-refractivity contribution < 1.29 is 0 Å². The topological polar surface area (TPSA) is 12.0 Å². The van der Waals surface area contributed by atoms with E-state index in [1.807, 2.05) is 0 Å². The number of unbranched alkanes of at least 4 members (excludes halogenated alkanes) is 2. The van der Waals surface area contributed by atoms with Gasteiger partial charge in [0.15, 0.2) is 0 Å². The highest BCUT2D eigenvalue weighted by Crippen LogP contribution is 2.17. The normalized spacial score (nSPS) is 10.1. The summed E-state index contributed by atoms with van der Waals surface area (Å²) in [6, 6.07) is 6.47. The third-order valence-electron chi connectivity index (χ3n) is 2.49. The Labute approximate surface area is 107 Å². The second-order valence-electron chi connectivity index (χ2n) is 3.92. The molecule has 0 saturated carbocycles. The van der Waals surface area contributed by atoms with Crippen LogP contribution >= 0.6 is 15.9 Å². The number of hydrogen-bond donors (Lipinski definition) is 1. The van der Waals surface area contributed by atoms with E-state index in [4.69, 9.17) is 6.42 Å². The van der Waals surface area contributed by atoms with Crippen LogP contribution in [0.1, 0.15) is 30.4 Å². The first kappa shape index (κ1) is 13.3. The summed E-state index contributed by atoms with van der Waals surface area (Å²) in [5, 5.41) is 3.42. The van der Waals surface area contributed by atoms with Crippen LogP contribution in [-0.4, -0.2) is 6.54 Å². The maximum atomic E-state index is 5.19. The van der Waals surface area contributed by atoms with Crippen molar-refractivity contribution in [1.29, 1.82) is 0 Å². The van der Waals surface area contributed by atoms with Gasteiger partial charge in [0.05, 0.1) is 0 Å². The Hall–Kier alpha value is -0.780. The van der Waals surface area contributed by atoms with E-state index in [0.717, 1.165) is 32.4 Å². The Morgan fingerprint density at radius 3 is 2.88 bits per heavy atom. The molecule has 0 spiro atoms. The van der Waals surface area contributed by atoms with Crippen LogP contribution in [-0.2, 0) is 6.54 Å². The Morgan fingerprint density at radius 1 is 1.38 bits per heavy atom. The molecule has 2 heteroatoms. The Balaban J connectivity index is 2.22. The van der Waals surface area contributed by atoms with E-state index in [-0.39, 0.29) is 0 Å². The third-order valence-corrected chi connectivity index (χ3v) is 3.34. The quantitative estimate of drug-likeness (QED) is 0.619. The summed E-state index contributed by atoms with van der Waals surface area (Å²) in [5.41, 5.74) is 2.59. The minimum Gasteiger partial charge on any atom is -0.313 e. The summed E-state index contributed by atoms with van der Waals surface area (Å²) in [6.45, 7) is 4.06. The number of terminal acetylenes is 1. The molecule has 0 aromatic heterocycles. The maximum Gasteiger partial charge on any atom is 0.0207 e. The summed E-state index contributed by atoms with van der Waals surface area (Å²) in [4.78, 5) is 0. The van der Waals surface area contributed by atoms with Crippen molar-refractivity contribution in [1.82, 2.24) is 5.32 Å². The zero-order chi connectivity index (χ0) is 11.8. The molecule has 1 aromatic carbocycles. The maximum absolute atomic E-state index is 5.19. The highest BCUT2D eigenvalue weighted by Gasteiger charge is 1.97. The lowest BCUT2D eigenvalue weighted by molar-refractivity contribution is 0.629. The zero-order valence-electron chi connectivity index (χ0n) is 9.72. The van der Waals surface area contributed by atoms with Crippen LogP contribution in [0, 0.1) is 19.3 Å². The SMILES string of the molecule is C#CCCCCNCc1ccc(C)c(Br)c1. The second-order valence-corrected chi connectivity index (χ2v) is 4.78. The summed E-state index contributed by atoms with van der Waals surface area (Å²) in [5.74, 6) is 2.66. The van der Waals surface area contributed by atoms with Crippen LogP contribution in [0.15, 0.2) is 22.7 Å². The van der Waals surface area contributed by atoms with Crippen LogP contribution in [0.25, 0.3) is 0 Å². The van der Waals surface area contributed by atoms with Crippen molar-refractivity contribution in [3.8, 4) is 12.3 Å². The molecule has 0 fully saturated rings. The molecule has 0 saturated heterocycles. The number of benzene rings is 1. The van der Waals surface area contributed by atoms with Gasteiger partial charge in [-0.2, -0.15) is 0 Å².